The van der Waals surface area contributed by atoms with Crippen molar-refractivity contribution < 1.29 is 24.1 Å². The van der Waals surface area contributed by atoms with Gasteiger partial charge in [-0.25, -0.2) is 0 Å². The highest BCUT2D eigenvalue weighted by molar-refractivity contribution is 6.46. The molecule has 1 rings (SSSR count). The number of cyclic esters (lactones) is 2. The quantitative estimate of drug-likeness (QED) is 0.475. The molecule has 0 aromatic rings. The predicted molar refractivity (Wildman–Crippen MR) is 56.5 cm³/mol. The van der Waals surface area contributed by atoms with E-state index >= 15 is 0 Å². The fraction of sp³-hybridized carbons (Fsp3) is 0.778. The fourth-order valence-corrected chi connectivity index (χ4v) is 1.34. The SMILES string of the molecule is CB(O)NC1CC(=O)OCC(C)COC1=O. The zero-order valence-electron chi connectivity index (χ0n) is 9.43. The average molecular weight is 229 g/mol. The van der Waals surface area contributed by atoms with Crippen molar-refractivity contribution in [1.29, 1.82) is 0 Å². The molecule has 0 saturated carbocycles. The summed E-state index contributed by atoms with van der Waals surface area (Å²) in [5.74, 6) is -1.02. The number of rotatable bonds is 2. The Morgan fingerprint density at radius 2 is 2.00 bits per heavy atom. The Morgan fingerprint density at radius 3 is 2.62 bits per heavy atom. The van der Waals surface area contributed by atoms with Crippen LogP contribution in [0, 0.1) is 5.92 Å². The number of ether oxygens (including phenoxy) is 2. The highest BCUT2D eigenvalue weighted by Gasteiger charge is 2.28. The minimum Gasteiger partial charge on any atom is -0.465 e. The van der Waals surface area contributed by atoms with E-state index in [1.807, 2.05) is 6.92 Å². The van der Waals surface area contributed by atoms with E-state index in [1.165, 1.54) is 6.82 Å². The Labute approximate surface area is 94.4 Å². The van der Waals surface area contributed by atoms with E-state index in [-0.39, 0.29) is 25.6 Å². The Morgan fingerprint density at radius 1 is 1.38 bits per heavy atom. The third-order valence-electron chi connectivity index (χ3n) is 2.14. The van der Waals surface area contributed by atoms with Gasteiger partial charge in [0.15, 0.2) is 0 Å². The molecule has 1 heterocycles. The molecule has 2 atom stereocenters. The minimum absolute atomic E-state index is 0.0156. The van der Waals surface area contributed by atoms with Gasteiger partial charge >= 0.3 is 19.0 Å². The first kappa shape index (κ1) is 13.0. The largest absolute Gasteiger partial charge is 0.465 e. The van der Waals surface area contributed by atoms with Gasteiger partial charge < -0.3 is 19.7 Å². The smallest absolute Gasteiger partial charge is 0.374 e. The fourth-order valence-electron chi connectivity index (χ4n) is 1.34. The molecule has 1 aliphatic rings. The lowest BCUT2D eigenvalue weighted by molar-refractivity contribution is -0.149. The van der Waals surface area contributed by atoms with Crippen molar-refractivity contribution in [3.8, 4) is 0 Å². The first-order valence-corrected chi connectivity index (χ1v) is 5.25. The number of hydrogen-bond donors (Lipinski definition) is 2. The number of carbonyl (C=O) groups is 2. The Kier molecular flexibility index (Phi) is 4.76. The van der Waals surface area contributed by atoms with Crippen molar-refractivity contribution in [3.05, 3.63) is 0 Å². The second kappa shape index (κ2) is 5.86. The lowest BCUT2D eigenvalue weighted by Gasteiger charge is -2.15. The van der Waals surface area contributed by atoms with Crippen LogP contribution in [0.2, 0.25) is 6.82 Å². The van der Waals surface area contributed by atoms with Crippen LogP contribution in [0.1, 0.15) is 13.3 Å². The van der Waals surface area contributed by atoms with E-state index in [9.17, 15) is 9.59 Å². The van der Waals surface area contributed by atoms with E-state index in [1.54, 1.807) is 0 Å². The molecule has 0 radical (unpaired) electrons. The molecule has 0 spiro atoms. The van der Waals surface area contributed by atoms with Crippen LogP contribution in [0.15, 0.2) is 0 Å². The van der Waals surface area contributed by atoms with Gasteiger partial charge in [-0.05, 0) is 6.82 Å². The van der Waals surface area contributed by atoms with Crippen LogP contribution in [-0.4, -0.2) is 43.3 Å². The van der Waals surface area contributed by atoms with Gasteiger partial charge in [0, 0.05) is 5.92 Å². The minimum atomic E-state index is -0.886. The van der Waals surface area contributed by atoms with E-state index in [2.05, 4.69) is 5.23 Å². The van der Waals surface area contributed by atoms with Crippen molar-refractivity contribution in [3.63, 3.8) is 0 Å². The molecule has 0 aliphatic carbocycles. The van der Waals surface area contributed by atoms with Crippen molar-refractivity contribution in [1.82, 2.24) is 5.23 Å². The predicted octanol–water partition coefficient (Wildman–Crippen LogP) is -0.819. The summed E-state index contributed by atoms with van der Waals surface area (Å²) < 4.78 is 9.93. The van der Waals surface area contributed by atoms with Gasteiger partial charge in [-0.1, -0.05) is 6.92 Å². The molecule has 2 N–H and O–H groups in total. The van der Waals surface area contributed by atoms with Crippen LogP contribution >= 0.6 is 0 Å². The molecular formula is C9H16BNO5. The summed E-state index contributed by atoms with van der Waals surface area (Å²) in [7, 11) is -0.886. The van der Waals surface area contributed by atoms with E-state index in [0.29, 0.717) is 0 Å². The molecule has 7 heteroatoms. The topological polar surface area (TPSA) is 84.9 Å². The first-order chi connectivity index (χ1) is 7.49. The van der Waals surface area contributed by atoms with Gasteiger partial charge in [0.2, 0.25) is 0 Å². The standard InChI is InChI=1S/C9H16BNO5/c1-6-4-15-8(12)3-7(11-10(2)14)9(13)16-5-6/h6-7,11,14H,3-5H2,1-2H3. The zero-order valence-corrected chi connectivity index (χ0v) is 9.43. The molecule has 16 heavy (non-hydrogen) atoms. The third kappa shape index (κ3) is 4.20. The summed E-state index contributed by atoms with van der Waals surface area (Å²) in [5.41, 5.74) is 0. The molecule has 0 bridgehead atoms. The Bertz CT molecular complexity index is 271. The van der Waals surface area contributed by atoms with Crippen LogP contribution in [0.3, 0.4) is 0 Å². The first-order valence-electron chi connectivity index (χ1n) is 5.25. The van der Waals surface area contributed by atoms with Crippen molar-refractivity contribution >= 4 is 19.0 Å². The molecule has 6 nitrogen and oxygen atoms in total. The normalized spacial score (nSPS) is 27.2. The van der Waals surface area contributed by atoms with Crippen molar-refractivity contribution in [2.24, 2.45) is 5.92 Å². The Balaban J connectivity index is 2.65. The van der Waals surface area contributed by atoms with Gasteiger partial charge in [0.05, 0.1) is 19.6 Å². The van der Waals surface area contributed by atoms with Crippen LogP contribution in [0.25, 0.3) is 0 Å². The second-order valence-corrected chi connectivity index (χ2v) is 4.02. The second-order valence-electron chi connectivity index (χ2n) is 4.02. The van der Waals surface area contributed by atoms with Crippen LogP contribution < -0.4 is 5.23 Å². The zero-order chi connectivity index (χ0) is 12.1. The van der Waals surface area contributed by atoms with Crippen LogP contribution in [0.4, 0.5) is 0 Å². The molecule has 2 unspecified atom stereocenters. The van der Waals surface area contributed by atoms with E-state index < -0.39 is 25.0 Å². The molecule has 90 valence electrons. The lowest BCUT2D eigenvalue weighted by Crippen LogP contribution is -2.46. The average Bonchev–Trinajstić information content (AvgIpc) is 2.24. The maximum absolute atomic E-state index is 11.5. The molecule has 1 aliphatic heterocycles. The van der Waals surface area contributed by atoms with Crippen LogP contribution in [0.5, 0.6) is 0 Å². The summed E-state index contributed by atoms with van der Waals surface area (Å²) in [6, 6.07) is -0.849. The maximum atomic E-state index is 11.5. The van der Waals surface area contributed by atoms with Gasteiger partial charge in [-0.2, -0.15) is 0 Å². The number of nitrogens with one attached hydrogen (secondary N) is 1. The summed E-state index contributed by atoms with van der Waals surface area (Å²) in [4.78, 5) is 22.9. The molecule has 1 fully saturated rings. The number of carbonyl (C=O) groups excluding carboxylic acids is 2. The summed E-state index contributed by atoms with van der Waals surface area (Å²) in [6.45, 7) is 3.74. The summed E-state index contributed by atoms with van der Waals surface area (Å²) >= 11 is 0. The van der Waals surface area contributed by atoms with Gasteiger partial charge in [0.25, 0.3) is 0 Å². The maximum Gasteiger partial charge on any atom is 0.374 e. The van der Waals surface area contributed by atoms with Crippen molar-refractivity contribution in [2.45, 2.75) is 26.2 Å². The monoisotopic (exact) mass is 229 g/mol. The molecule has 1 saturated heterocycles. The number of hydrogen-bond acceptors (Lipinski definition) is 6. The van der Waals surface area contributed by atoms with Crippen LogP contribution in [-0.2, 0) is 19.1 Å². The highest BCUT2D eigenvalue weighted by atomic mass is 16.6. The number of esters is 2. The third-order valence-corrected chi connectivity index (χ3v) is 2.14. The van der Waals surface area contributed by atoms with Gasteiger partial charge in [-0.3, -0.25) is 9.59 Å². The van der Waals surface area contributed by atoms with Gasteiger partial charge in [0.1, 0.15) is 6.04 Å². The summed E-state index contributed by atoms with van der Waals surface area (Å²) in [6.07, 6.45) is -0.129. The molecular weight excluding hydrogens is 213 g/mol. The van der Waals surface area contributed by atoms with E-state index in [4.69, 9.17) is 14.5 Å². The molecule has 0 aromatic heterocycles. The summed E-state index contributed by atoms with van der Waals surface area (Å²) in [5, 5.41) is 11.7. The molecule has 0 aromatic carbocycles. The highest BCUT2D eigenvalue weighted by Crippen LogP contribution is 2.07. The van der Waals surface area contributed by atoms with Crippen molar-refractivity contribution in [2.75, 3.05) is 13.2 Å². The van der Waals surface area contributed by atoms with E-state index in [0.717, 1.165) is 0 Å². The molecule has 0 amide bonds. The van der Waals surface area contributed by atoms with Gasteiger partial charge in [-0.15, -0.1) is 0 Å². The Hall–Kier alpha value is -1.08. The lowest BCUT2D eigenvalue weighted by atomic mass is 9.87.